The molecule has 0 atom stereocenters. The molecule has 0 aliphatic rings. The number of benzene rings is 1. The Labute approximate surface area is 112 Å². The largest absolute Gasteiger partial charge is 0.382 e. The molecule has 0 unspecified atom stereocenters. The molecule has 0 aliphatic carbocycles. The number of hydrogen-bond donors (Lipinski definition) is 1. The molecule has 0 amide bonds. The summed E-state index contributed by atoms with van der Waals surface area (Å²) in [5.41, 5.74) is 8.09. The first-order valence-electron chi connectivity index (χ1n) is 6.31. The molecule has 18 heavy (non-hydrogen) atoms. The molecular formula is C14H19ClN2O. The van der Waals surface area contributed by atoms with E-state index >= 15 is 0 Å². The quantitative estimate of drug-likeness (QED) is 0.816. The number of fused-ring (bicyclic) bond motifs is 1. The van der Waals surface area contributed by atoms with E-state index in [0.717, 1.165) is 42.3 Å². The van der Waals surface area contributed by atoms with Crippen LogP contribution in [-0.4, -0.2) is 17.8 Å². The van der Waals surface area contributed by atoms with Gasteiger partial charge in [0.05, 0.1) is 0 Å². The summed E-state index contributed by atoms with van der Waals surface area (Å²) in [5.74, 6) is 0. The van der Waals surface area contributed by atoms with Crippen molar-refractivity contribution in [2.45, 2.75) is 26.4 Å². The lowest BCUT2D eigenvalue weighted by Gasteiger charge is -2.05. The summed E-state index contributed by atoms with van der Waals surface area (Å²) in [5, 5.41) is 1.95. The van der Waals surface area contributed by atoms with Crippen LogP contribution in [0, 0.1) is 0 Å². The van der Waals surface area contributed by atoms with Crippen LogP contribution >= 0.6 is 11.6 Å². The fourth-order valence-corrected chi connectivity index (χ4v) is 2.34. The van der Waals surface area contributed by atoms with Gasteiger partial charge in [-0.2, -0.15) is 0 Å². The Morgan fingerprint density at radius 3 is 2.94 bits per heavy atom. The Kier molecular flexibility index (Phi) is 4.64. The molecule has 2 aromatic rings. The van der Waals surface area contributed by atoms with Crippen LogP contribution in [-0.2, 0) is 17.8 Å². The molecular weight excluding hydrogens is 248 g/mol. The van der Waals surface area contributed by atoms with Gasteiger partial charge in [0.15, 0.2) is 0 Å². The van der Waals surface area contributed by atoms with Gasteiger partial charge in [-0.05, 0) is 31.0 Å². The minimum Gasteiger partial charge on any atom is -0.382 e. The van der Waals surface area contributed by atoms with Crippen LogP contribution in [0.5, 0.6) is 0 Å². The van der Waals surface area contributed by atoms with E-state index in [4.69, 9.17) is 22.1 Å². The third kappa shape index (κ3) is 2.86. The van der Waals surface area contributed by atoms with Crippen molar-refractivity contribution >= 4 is 22.5 Å². The Morgan fingerprint density at radius 2 is 2.22 bits per heavy atom. The van der Waals surface area contributed by atoms with Crippen LogP contribution in [0.3, 0.4) is 0 Å². The number of aromatic nitrogens is 1. The topological polar surface area (TPSA) is 40.2 Å². The Balaban J connectivity index is 2.23. The molecule has 1 aromatic heterocycles. The number of ether oxygens (including phenoxy) is 1. The highest BCUT2D eigenvalue weighted by molar-refractivity contribution is 6.31. The monoisotopic (exact) mass is 266 g/mol. The van der Waals surface area contributed by atoms with Crippen molar-refractivity contribution in [3.63, 3.8) is 0 Å². The maximum Gasteiger partial charge on any atom is 0.0498 e. The van der Waals surface area contributed by atoms with E-state index in [9.17, 15) is 0 Å². The van der Waals surface area contributed by atoms with Crippen LogP contribution in [0.1, 0.15) is 18.9 Å². The molecule has 98 valence electrons. The average molecular weight is 267 g/mol. The fraction of sp³-hybridized carbons (Fsp3) is 0.429. The first-order valence-corrected chi connectivity index (χ1v) is 6.69. The van der Waals surface area contributed by atoms with Crippen LogP contribution in [0.4, 0.5) is 0 Å². The van der Waals surface area contributed by atoms with Gasteiger partial charge < -0.3 is 15.0 Å². The van der Waals surface area contributed by atoms with E-state index in [1.54, 1.807) is 0 Å². The van der Waals surface area contributed by atoms with Crippen molar-refractivity contribution in [2.24, 2.45) is 5.73 Å². The highest BCUT2D eigenvalue weighted by Gasteiger charge is 2.07. The lowest BCUT2D eigenvalue weighted by atomic mass is 10.2. The molecule has 0 spiro atoms. The van der Waals surface area contributed by atoms with Gasteiger partial charge in [0.1, 0.15) is 0 Å². The van der Waals surface area contributed by atoms with Crippen LogP contribution < -0.4 is 5.73 Å². The first-order chi connectivity index (χ1) is 8.76. The summed E-state index contributed by atoms with van der Waals surface area (Å²) in [6.45, 7) is 5.05. The SMILES string of the molecule is CCOCCCn1cc(CN)c2ccc(Cl)cc21. The minimum absolute atomic E-state index is 0.552. The number of hydrogen-bond acceptors (Lipinski definition) is 2. The van der Waals surface area contributed by atoms with Crippen molar-refractivity contribution in [3.8, 4) is 0 Å². The maximum atomic E-state index is 6.06. The van der Waals surface area contributed by atoms with Crippen molar-refractivity contribution in [1.29, 1.82) is 0 Å². The van der Waals surface area contributed by atoms with Crippen molar-refractivity contribution in [3.05, 3.63) is 35.0 Å². The third-order valence-electron chi connectivity index (χ3n) is 3.04. The molecule has 4 heteroatoms. The van der Waals surface area contributed by atoms with Gasteiger partial charge in [-0.15, -0.1) is 0 Å². The van der Waals surface area contributed by atoms with Gasteiger partial charge in [-0.3, -0.25) is 0 Å². The average Bonchev–Trinajstić information content (AvgIpc) is 2.72. The highest BCUT2D eigenvalue weighted by Crippen LogP contribution is 2.24. The normalized spacial score (nSPS) is 11.3. The Hall–Kier alpha value is -1.03. The summed E-state index contributed by atoms with van der Waals surface area (Å²) in [6, 6.07) is 5.95. The Morgan fingerprint density at radius 1 is 1.39 bits per heavy atom. The predicted molar refractivity (Wildman–Crippen MR) is 75.9 cm³/mol. The van der Waals surface area contributed by atoms with Crippen molar-refractivity contribution in [1.82, 2.24) is 4.57 Å². The van der Waals surface area contributed by atoms with Crippen molar-refractivity contribution < 1.29 is 4.74 Å². The molecule has 0 saturated carbocycles. The van der Waals surface area contributed by atoms with E-state index in [1.165, 1.54) is 5.39 Å². The molecule has 1 aromatic carbocycles. The van der Waals surface area contributed by atoms with Gasteiger partial charge >= 0.3 is 0 Å². The lowest BCUT2D eigenvalue weighted by molar-refractivity contribution is 0.142. The molecule has 1 heterocycles. The van der Waals surface area contributed by atoms with Gasteiger partial charge in [0.2, 0.25) is 0 Å². The highest BCUT2D eigenvalue weighted by atomic mass is 35.5. The third-order valence-corrected chi connectivity index (χ3v) is 3.27. The van der Waals surface area contributed by atoms with Crippen LogP contribution in [0.15, 0.2) is 24.4 Å². The fourth-order valence-electron chi connectivity index (χ4n) is 2.17. The summed E-state index contributed by atoms with van der Waals surface area (Å²) >= 11 is 6.06. The number of aryl methyl sites for hydroxylation is 1. The summed E-state index contributed by atoms with van der Waals surface area (Å²) in [7, 11) is 0. The summed E-state index contributed by atoms with van der Waals surface area (Å²) in [4.78, 5) is 0. The van der Waals surface area contributed by atoms with E-state index in [-0.39, 0.29) is 0 Å². The summed E-state index contributed by atoms with van der Waals surface area (Å²) in [6.07, 6.45) is 3.11. The zero-order chi connectivity index (χ0) is 13.0. The van der Waals surface area contributed by atoms with Gasteiger partial charge in [-0.1, -0.05) is 17.7 Å². The molecule has 0 aliphatic heterocycles. The zero-order valence-corrected chi connectivity index (χ0v) is 11.4. The van der Waals surface area contributed by atoms with Gasteiger partial charge in [0, 0.05) is 48.4 Å². The van der Waals surface area contributed by atoms with Crippen LogP contribution in [0.25, 0.3) is 10.9 Å². The molecule has 3 nitrogen and oxygen atoms in total. The van der Waals surface area contributed by atoms with E-state index in [1.807, 2.05) is 25.1 Å². The smallest absolute Gasteiger partial charge is 0.0498 e. The molecule has 0 saturated heterocycles. The van der Waals surface area contributed by atoms with E-state index < -0.39 is 0 Å². The number of halogens is 1. The zero-order valence-electron chi connectivity index (χ0n) is 10.7. The predicted octanol–water partition coefficient (Wildman–Crippen LogP) is 3.18. The van der Waals surface area contributed by atoms with E-state index in [2.05, 4.69) is 10.8 Å². The van der Waals surface area contributed by atoms with E-state index in [0.29, 0.717) is 6.54 Å². The van der Waals surface area contributed by atoms with Gasteiger partial charge in [0.25, 0.3) is 0 Å². The number of nitrogens with zero attached hydrogens (tertiary/aromatic N) is 1. The molecule has 2 N–H and O–H groups in total. The molecule has 0 bridgehead atoms. The number of rotatable bonds is 6. The molecule has 2 rings (SSSR count). The van der Waals surface area contributed by atoms with Crippen molar-refractivity contribution in [2.75, 3.05) is 13.2 Å². The summed E-state index contributed by atoms with van der Waals surface area (Å²) < 4.78 is 7.57. The minimum atomic E-state index is 0.552. The second-order valence-corrected chi connectivity index (χ2v) is 4.70. The Bertz CT molecular complexity index is 522. The van der Waals surface area contributed by atoms with Crippen LogP contribution in [0.2, 0.25) is 5.02 Å². The lowest BCUT2D eigenvalue weighted by Crippen LogP contribution is -2.01. The maximum absolute atomic E-state index is 6.06. The number of nitrogens with two attached hydrogens (primary N) is 1. The second-order valence-electron chi connectivity index (χ2n) is 4.26. The second kappa shape index (κ2) is 6.23. The standard InChI is InChI=1S/C14H19ClN2O/c1-2-18-7-3-6-17-10-11(9-16)13-5-4-12(15)8-14(13)17/h4-5,8,10H,2-3,6-7,9,16H2,1H3. The first kappa shape index (κ1) is 13.4. The molecule has 0 radical (unpaired) electrons. The molecule has 0 fully saturated rings. The van der Waals surface area contributed by atoms with Gasteiger partial charge in [-0.25, -0.2) is 0 Å².